The zero-order valence-corrected chi connectivity index (χ0v) is 15.0. The van der Waals surface area contributed by atoms with Crippen LogP contribution in [0.4, 0.5) is 5.82 Å². The average molecular weight is 372 g/mol. The summed E-state index contributed by atoms with van der Waals surface area (Å²) in [7, 11) is 1.64. The molecule has 5 rings (SSSR count). The van der Waals surface area contributed by atoms with Gasteiger partial charge in [0.25, 0.3) is 0 Å². The van der Waals surface area contributed by atoms with Gasteiger partial charge in [-0.05, 0) is 53.6 Å². The smallest absolute Gasteiger partial charge is 0.231 e. The SMILES string of the molecule is COc1ccc(-c2cc(-c3ccc4c(c3)OCO4)c3c(N)ncnc3n2)cc1. The van der Waals surface area contributed by atoms with Crippen LogP contribution < -0.4 is 19.9 Å². The van der Waals surface area contributed by atoms with Gasteiger partial charge in [0.15, 0.2) is 17.1 Å². The van der Waals surface area contributed by atoms with Crippen molar-refractivity contribution in [3.05, 3.63) is 54.9 Å². The number of ether oxygens (including phenoxy) is 3. The van der Waals surface area contributed by atoms with Gasteiger partial charge in [0.1, 0.15) is 17.9 Å². The minimum Gasteiger partial charge on any atom is -0.497 e. The molecule has 3 heterocycles. The fraction of sp³-hybridized carbons (Fsp3) is 0.0952. The van der Waals surface area contributed by atoms with Crippen molar-refractivity contribution in [1.82, 2.24) is 15.0 Å². The molecular formula is C21H16N4O3. The number of benzene rings is 2. The monoisotopic (exact) mass is 372 g/mol. The van der Waals surface area contributed by atoms with Crippen molar-refractivity contribution in [3.8, 4) is 39.6 Å². The van der Waals surface area contributed by atoms with Gasteiger partial charge in [0, 0.05) is 5.56 Å². The third kappa shape index (κ3) is 2.64. The summed E-state index contributed by atoms with van der Waals surface area (Å²) in [5.74, 6) is 2.59. The van der Waals surface area contributed by atoms with E-state index in [1.165, 1.54) is 6.33 Å². The van der Waals surface area contributed by atoms with Gasteiger partial charge < -0.3 is 19.9 Å². The Bertz CT molecular complexity index is 1190. The van der Waals surface area contributed by atoms with Gasteiger partial charge >= 0.3 is 0 Å². The number of hydrogen-bond donors (Lipinski definition) is 1. The Kier molecular flexibility index (Phi) is 3.72. The number of nitrogen functional groups attached to an aromatic ring is 1. The van der Waals surface area contributed by atoms with Gasteiger partial charge in [-0.15, -0.1) is 0 Å². The molecular weight excluding hydrogens is 356 g/mol. The van der Waals surface area contributed by atoms with E-state index in [1.54, 1.807) is 7.11 Å². The molecule has 0 bridgehead atoms. The van der Waals surface area contributed by atoms with Crippen LogP contribution in [0.5, 0.6) is 17.2 Å². The van der Waals surface area contributed by atoms with E-state index in [0.717, 1.165) is 33.9 Å². The molecule has 2 aromatic heterocycles. The van der Waals surface area contributed by atoms with Crippen molar-refractivity contribution in [2.45, 2.75) is 0 Å². The van der Waals surface area contributed by atoms with Crippen LogP contribution in [0.1, 0.15) is 0 Å². The molecule has 0 atom stereocenters. The highest BCUT2D eigenvalue weighted by molar-refractivity contribution is 6.01. The molecule has 2 aromatic carbocycles. The van der Waals surface area contributed by atoms with Gasteiger partial charge in [0.05, 0.1) is 18.2 Å². The van der Waals surface area contributed by atoms with E-state index in [-0.39, 0.29) is 6.79 Å². The lowest BCUT2D eigenvalue weighted by molar-refractivity contribution is 0.174. The summed E-state index contributed by atoms with van der Waals surface area (Å²) in [4.78, 5) is 13.2. The molecule has 7 nitrogen and oxygen atoms in total. The lowest BCUT2D eigenvalue weighted by Gasteiger charge is -2.12. The zero-order chi connectivity index (χ0) is 19.1. The van der Waals surface area contributed by atoms with Crippen LogP contribution in [0, 0.1) is 0 Å². The first-order chi connectivity index (χ1) is 13.7. The summed E-state index contributed by atoms with van der Waals surface area (Å²) in [6.07, 6.45) is 1.42. The second kappa shape index (κ2) is 6.38. The van der Waals surface area contributed by atoms with Crippen molar-refractivity contribution in [2.24, 2.45) is 0 Å². The highest BCUT2D eigenvalue weighted by Crippen LogP contribution is 2.39. The highest BCUT2D eigenvalue weighted by atomic mass is 16.7. The topological polar surface area (TPSA) is 92.4 Å². The number of nitrogens with two attached hydrogens (primary N) is 1. The number of fused-ring (bicyclic) bond motifs is 2. The first kappa shape index (κ1) is 16.3. The van der Waals surface area contributed by atoms with Gasteiger partial charge in [-0.3, -0.25) is 0 Å². The predicted octanol–water partition coefficient (Wildman–Crippen LogP) is 3.68. The van der Waals surface area contributed by atoms with Crippen LogP contribution in [0.3, 0.4) is 0 Å². The first-order valence-corrected chi connectivity index (χ1v) is 8.68. The van der Waals surface area contributed by atoms with Crippen molar-refractivity contribution in [3.63, 3.8) is 0 Å². The Morgan fingerprint density at radius 1 is 0.929 bits per heavy atom. The van der Waals surface area contributed by atoms with E-state index in [0.29, 0.717) is 22.6 Å². The summed E-state index contributed by atoms with van der Waals surface area (Å²) < 4.78 is 16.2. The van der Waals surface area contributed by atoms with Crippen molar-refractivity contribution in [2.75, 3.05) is 19.6 Å². The van der Waals surface area contributed by atoms with Gasteiger partial charge in [0.2, 0.25) is 6.79 Å². The number of hydrogen-bond acceptors (Lipinski definition) is 7. The maximum Gasteiger partial charge on any atom is 0.231 e. The molecule has 0 amide bonds. The third-order valence-corrected chi connectivity index (χ3v) is 4.70. The highest BCUT2D eigenvalue weighted by Gasteiger charge is 2.18. The normalized spacial score (nSPS) is 12.3. The minimum absolute atomic E-state index is 0.220. The summed E-state index contributed by atoms with van der Waals surface area (Å²) in [5.41, 5.74) is 10.2. The third-order valence-electron chi connectivity index (χ3n) is 4.70. The quantitative estimate of drug-likeness (QED) is 0.586. The molecule has 0 saturated carbocycles. The minimum atomic E-state index is 0.220. The number of aromatic nitrogens is 3. The Morgan fingerprint density at radius 3 is 2.54 bits per heavy atom. The maximum absolute atomic E-state index is 6.17. The molecule has 0 radical (unpaired) electrons. The molecule has 1 aliphatic rings. The number of nitrogens with zero attached hydrogens (tertiary/aromatic N) is 3. The van der Waals surface area contributed by atoms with Crippen LogP contribution in [-0.4, -0.2) is 28.9 Å². The molecule has 0 fully saturated rings. The van der Waals surface area contributed by atoms with E-state index in [2.05, 4.69) is 9.97 Å². The molecule has 28 heavy (non-hydrogen) atoms. The van der Waals surface area contributed by atoms with Crippen molar-refractivity contribution in [1.29, 1.82) is 0 Å². The van der Waals surface area contributed by atoms with Gasteiger partial charge in [-0.1, -0.05) is 6.07 Å². The molecule has 7 heteroatoms. The van der Waals surface area contributed by atoms with Crippen LogP contribution >= 0.6 is 0 Å². The molecule has 2 N–H and O–H groups in total. The predicted molar refractivity (Wildman–Crippen MR) is 105 cm³/mol. The molecule has 0 spiro atoms. The van der Waals surface area contributed by atoms with E-state index < -0.39 is 0 Å². The van der Waals surface area contributed by atoms with Crippen LogP contribution in [0.2, 0.25) is 0 Å². The van der Waals surface area contributed by atoms with E-state index in [1.807, 2.05) is 48.5 Å². The molecule has 1 aliphatic heterocycles. The Morgan fingerprint density at radius 2 is 1.71 bits per heavy atom. The molecule has 0 aliphatic carbocycles. The summed E-state index contributed by atoms with van der Waals surface area (Å²) in [5, 5.41) is 0.707. The van der Waals surface area contributed by atoms with Crippen molar-refractivity contribution < 1.29 is 14.2 Å². The van der Waals surface area contributed by atoms with E-state index >= 15 is 0 Å². The van der Waals surface area contributed by atoms with Gasteiger partial charge in [-0.2, -0.15) is 0 Å². The summed E-state index contributed by atoms with van der Waals surface area (Å²) >= 11 is 0. The fourth-order valence-corrected chi connectivity index (χ4v) is 3.29. The lowest BCUT2D eigenvalue weighted by atomic mass is 9.99. The summed E-state index contributed by atoms with van der Waals surface area (Å²) in [6, 6.07) is 15.5. The molecule has 0 saturated heterocycles. The number of pyridine rings is 1. The second-order valence-electron chi connectivity index (χ2n) is 6.31. The molecule has 0 unspecified atom stereocenters. The van der Waals surface area contributed by atoms with Gasteiger partial charge in [-0.25, -0.2) is 15.0 Å². The molecule has 4 aromatic rings. The van der Waals surface area contributed by atoms with Crippen LogP contribution in [0.15, 0.2) is 54.9 Å². The zero-order valence-electron chi connectivity index (χ0n) is 15.0. The average Bonchev–Trinajstić information content (AvgIpc) is 3.21. The number of methoxy groups -OCH3 is 1. The van der Waals surface area contributed by atoms with Crippen LogP contribution in [-0.2, 0) is 0 Å². The summed E-state index contributed by atoms with van der Waals surface area (Å²) in [6.45, 7) is 0.220. The Balaban J connectivity index is 1.74. The Labute approximate surface area is 160 Å². The number of rotatable bonds is 3. The van der Waals surface area contributed by atoms with Crippen molar-refractivity contribution >= 4 is 16.9 Å². The first-order valence-electron chi connectivity index (χ1n) is 8.68. The standard InChI is InChI=1S/C21H16N4O3/c1-26-14-5-2-12(3-6-14)16-9-15(19-20(22)23-10-24-21(19)25-16)13-4-7-17-18(8-13)28-11-27-17/h2-10H,11H2,1H3,(H2,22,23,24,25). The van der Waals surface area contributed by atoms with E-state index in [4.69, 9.17) is 24.9 Å². The largest absolute Gasteiger partial charge is 0.497 e. The lowest BCUT2D eigenvalue weighted by Crippen LogP contribution is -1.98. The maximum atomic E-state index is 6.17. The number of anilines is 1. The Hall–Kier alpha value is -3.87. The molecule has 138 valence electrons. The second-order valence-corrected chi connectivity index (χ2v) is 6.31. The van der Waals surface area contributed by atoms with E-state index in [9.17, 15) is 0 Å². The fourth-order valence-electron chi connectivity index (χ4n) is 3.29. The van der Waals surface area contributed by atoms with Crippen LogP contribution in [0.25, 0.3) is 33.4 Å².